The molecule has 43 heavy (non-hydrogen) atoms. The molecule has 1 aliphatic heterocycles. The zero-order chi connectivity index (χ0) is 30.4. The Kier molecular flexibility index (Phi) is 7.36. The number of aryl methyl sites for hydroxylation is 2. The number of aromatic hydroxyl groups is 1. The van der Waals surface area contributed by atoms with Gasteiger partial charge in [-0.15, -0.1) is 10.2 Å². The Morgan fingerprint density at radius 1 is 1.12 bits per heavy atom. The van der Waals surface area contributed by atoms with Gasteiger partial charge in [0, 0.05) is 11.9 Å². The summed E-state index contributed by atoms with van der Waals surface area (Å²) in [4.78, 5) is 33.1. The molecule has 0 aliphatic carbocycles. The second kappa shape index (κ2) is 11.2. The third-order valence-corrected chi connectivity index (χ3v) is 9.28. The van der Waals surface area contributed by atoms with E-state index in [-0.39, 0.29) is 33.7 Å². The molecular formula is C30H24FN5O5S2. The van der Waals surface area contributed by atoms with E-state index in [1.807, 2.05) is 19.1 Å². The smallest absolute Gasteiger partial charge is 0.301 e. The summed E-state index contributed by atoms with van der Waals surface area (Å²) in [7, 11) is 1.38. The number of hydrogen-bond acceptors (Lipinski definition) is 10. The van der Waals surface area contributed by atoms with Gasteiger partial charge in [-0.3, -0.25) is 14.5 Å². The lowest BCUT2D eigenvalue weighted by atomic mass is 9.96. The quantitative estimate of drug-likeness (QED) is 0.0791. The van der Waals surface area contributed by atoms with E-state index in [4.69, 9.17) is 4.74 Å². The Morgan fingerprint density at radius 3 is 2.60 bits per heavy atom. The Hall–Kier alpha value is -4.75. The minimum absolute atomic E-state index is 0.121. The third-order valence-electron chi connectivity index (χ3n) is 7.15. The summed E-state index contributed by atoms with van der Waals surface area (Å²) in [6.07, 6.45) is 1.80. The number of ketones is 1. The van der Waals surface area contributed by atoms with Crippen LogP contribution in [0.3, 0.4) is 0 Å². The molecule has 1 unspecified atom stereocenters. The maximum atomic E-state index is 13.6. The van der Waals surface area contributed by atoms with Gasteiger partial charge in [-0.2, -0.15) is 0 Å². The number of amides is 1. The van der Waals surface area contributed by atoms with Gasteiger partial charge in [0.25, 0.3) is 5.78 Å². The number of ether oxygens (including phenoxy) is 1. The third kappa shape index (κ3) is 5.00. The number of aliphatic hydroxyl groups is 1. The highest BCUT2D eigenvalue weighted by atomic mass is 32.2. The molecule has 13 heteroatoms. The maximum Gasteiger partial charge on any atom is 0.301 e. The van der Waals surface area contributed by atoms with Crippen LogP contribution in [0.1, 0.15) is 34.1 Å². The summed E-state index contributed by atoms with van der Waals surface area (Å²) in [5.41, 5.74) is 3.30. The molecular weight excluding hydrogens is 593 g/mol. The standard InChI is InChI=1S/C30H24FN5O5S2/c1-15-5-4-12-35-16(2)23(32-27(15)35)25(38)22-24(18-8-11-20(37)21(13-18)41-3)36(28(40)26(22)39)29-33-34-30(43-29)42-14-17-6-9-19(31)10-7-17/h4-13,24,37-38H,14H2,1-3H3. The van der Waals surface area contributed by atoms with Crippen LogP contribution in [-0.4, -0.2) is 48.6 Å². The normalized spacial score (nSPS) is 16.4. The number of carbonyl (C=O) groups excluding carboxylic acids is 2. The van der Waals surface area contributed by atoms with E-state index in [9.17, 15) is 24.2 Å². The molecule has 1 atom stereocenters. The van der Waals surface area contributed by atoms with Crippen molar-refractivity contribution in [3.05, 3.63) is 100 Å². The highest BCUT2D eigenvalue weighted by molar-refractivity contribution is 8.00. The van der Waals surface area contributed by atoms with Crippen LogP contribution in [0, 0.1) is 19.7 Å². The van der Waals surface area contributed by atoms with Gasteiger partial charge >= 0.3 is 5.91 Å². The summed E-state index contributed by atoms with van der Waals surface area (Å²) in [6.45, 7) is 3.65. The van der Waals surface area contributed by atoms with Crippen molar-refractivity contribution in [1.82, 2.24) is 19.6 Å². The van der Waals surface area contributed by atoms with Gasteiger partial charge in [-0.1, -0.05) is 47.4 Å². The molecule has 0 bridgehead atoms. The highest BCUT2D eigenvalue weighted by Crippen LogP contribution is 2.45. The van der Waals surface area contributed by atoms with Gasteiger partial charge < -0.3 is 19.4 Å². The number of fused-ring (bicyclic) bond motifs is 1. The minimum Gasteiger partial charge on any atom is -0.505 e. The number of hydrogen-bond donors (Lipinski definition) is 2. The first-order chi connectivity index (χ1) is 20.7. The van der Waals surface area contributed by atoms with Crippen molar-refractivity contribution in [2.75, 3.05) is 12.0 Å². The zero-order valence-electron chi connectivity index (χ0n) is 23.1. The number of carbonyl (C=O) groups is 2. The molecule has 1 fully saturated rings. The summed E-state index contributed by atoms with van der Waals surface area (Å²) in [5, 5.41) is 30.5. The molecule has 0 saturated carbocycles. The largest absolute Gasteiger partial charge is 0.505 e. The van der Waals surface area contributed by atoms with Crippen molar-refractivity contribution in [2.24, 2.45) is 0 Å². The average Bonchev–Trinajstić information content (AvgIpc) is 3.68. The first-order valence-electron chi connectivity index (χ1n) is 13.0. The van der Waals surface area contributed by atoms with Gasteiger partial charge in [0.05, 0.1) is 24.4 Å². The SMILES string of the molecule is COc1cc(C2C(=C(O)c3nc4c(C)cccn4c3C)C(=O)C(=O)N2c2nnc(SCc3ccc(F)cc3)s2)ccc1O. The number of anilines is 1. The lowest BCUT2D eigenvalue weighted by molar-refractivity contribution is -0.132. The number of nitrogens with zero attached hydrogens (tertiary/aromatic N) is 5. The molecule has 5 aromatic rings. The molecule has 1 amide bonds. The molecule has 10 nitrogen and oxygen atoms in total. The molecule has 1 saturated heterocycles. The van der Waals surface area contributed by atoms with E-state index in [1.54, 1.807) is 35.7 Å². The molecule has 1 aliphatic rings. The van der Waals surface area contributed by atoms with Crippen molar-refractivity contribution >= 4 is 51.3 Å². The van der Waals surface area contributed by atoms with Crippen molar-refractivity contribution in [2.45, 2.75) is 30.0 Å². The highest BCUT2D eigenvalue weighted by Gasteiger charge is 2.49. The number of aromatic nitrogens is 4. The zero-order valence-corrected chi connectivity index (χ0v) is 24.7. The molecule has 3 aromatic heterocycles. The number of halogens is 1. The maximum absolute atomic E-state index is 13.6. The molecule has 4 heterocycles. The van der Waals surface area contributed by atoms with Crippen LogP contribution in [0.25, 0.3) is 11.4 Å². The summed E-state index contributed by atoms with van der Waals surface area (Å²) in [5.74, 6) is -2.11. The van der Waals surface area contributed by atoms with Crippen LogP contribution in [0.2, 0.25) is 0 Å². The van der Waals surface area contributed by atoms with Crippen LogP contribution in [-0.2, 0) is 15.3 Å². The number of thioether (sulfide) groups is 1. The predicted octanol–water partition coefficient (Wildman–Crippen LogP) is 5.57. The van der Waals surface area contributed by atoms with E-state index in [0.717, 1.165) is 22.5 Å². The second-order valence-corrected chi connectivity index (χ2v) is 12.0. The molecule has 2 N–H and O–H groups in total. The Morgan fingerprint density at radius 2 is 1.88 bits per heavy atom. The number of rotatable bonds is 7. The number of aliphatic hydroxyl groups excluding tert-OH is 1. The number of phenols is 1. The lowest BCUT2D eigenvalue weighted by Gasteiger charge is -2.23. The van der Waals surface area contributed by atoms with Crippen LogP contribution in [0.5, 0.6) is 11.5 Å². The first kappa shape index (κ1) is 28.4. The fraction of sp³-hybridized carbons (Fsp3) is 0.167. The number of pyridine rings is 1. The van der Waals surface area contributed by atoms with Crippen molar-refractivity contribution in [3.63, 3.8) is 0 Å². The Bertz CT molecular complexity index is 1940. The van der Waals surface area contributed by atoms with Crippen LogP contribution < -0.4 is 9.64 Å². The number of imidazole rings is 1. The summed E-state index contributed by atoms with van der Waals surface area (Å²) < 4.78 is 20.9. The van der Waals surface area contributed by atoms with Gasteiger partial charge in [-0.05, 0) is 60.9 Å². The molecule has 218 valence electrons. The lowest BCUT2D eigenvalue weighted by Crippen LogP contribution is -2.29. The van der Waals surface area contributed by atoms with E-state index in [0.29, 0.717) is 27.0 Å². The fourth-order valence-corrected chi connectivity index (χ4v) is 6.79. The van der Waals surface area contributed by atoms with E-state index >= 15 is 0 Å². The van der Waals surface area contributed by atoms with Crippen LogP contribution >= 0.6 is 23.1 Å². The fourth-order valence-electron chi connectivity index (χ4n) is 4.97. The monoisotopic (exact) mass is 617 g/mol. The van der Waals surface area contributed by atoms with Crippen LogP contribution in [0.4, 0.5) is 9.52 Å². The Labute approximate surface area is 253 Å². The van der Waals surface area contributed by atoms with E-state index < -0.39 is 23.5 Å². The minimum atomic E-state index is -1.12. The second-order valence-electron chi connectivity index (χ2n) is 9.80. The van der Waals surface area contributed by atoms with Gasteiger partial charge in [0.1, 0.15) is 17.2 Å². The predicted molar refractivity (Wildman–Crippen MR) is 160 cm³/mol. The molecule has 6 rings (SSSR count). The molecule has 2 aromatic carbocycles. The van der Waals surface area contributed by atoms with E-state index in [1.165, 1.54) is 48.0 Å². The van der Waals surface area contributed by atoms with Gasteiger partial charge in [0.15, 0.2) is 21.6 Å². The van der Waals surface area contributed by atoms with Gasteiger partial charge in [0.2, 0.25) is 5.13 Å². The Balaban J connectivity index is 1.46. The topological polar surface area (TPSA) is 130 Å². The van der Waals surface area contributed by atoms with E-state index in [2.05, 4.69) is 15.2 Å². The van der Waals surface area contributed by atoms with Crippen molar-refractivity contribution < 1.29 is 28.9 Å². The average molecular weight is 618 g/mol. The first-order valence-corrected chi connectivity index (χ1v) is 14.8. The molecule has 0 radical (unpaired) electrons. The van der Waals surface area contributed by atoms with Crippen molar-refractivity contribution in [3.8, 4) is 11.5 Å². The van der Waals surface area contributed by atoms with Crippen molar-refractivity contribution in [1.29, 1.82) is 0 Å². The summed E-state index contributed by atoms with van der Waals surface area (Å²) in [6, 6.07) is 13.1. The van der Waals surface area contributed by atoms with Gasteiger partial charge in [-0.25, -0.2) is 9.37 Å². The number of Topliss-reactive ketones (excluding diaryl/α,β-unsaturated/α-hetero) is 1. The van der Waals surface area contributed by atoms with Crippen LogP contribution in [0.15, 0.2) is 70.7 Å². The summed E-state index contributed by atoms with van der Waals surface area (Å²) >= 11 is 2.45. The number of phenolic OH excluding ortho intramolecular Hbond substituents is 1. The number of benzene rings is 2. The number of methoxy groups -OCH3 is 1. The molecule has 0 spiro atoms.